The van der Waals surface area contributed by atoms with E-state index in [1.807, 2.05) is 18.2 Å². The van der Waals surface area contributed by atoms with Gasteiger partial charge >= 0.3 is 0 Å². The molecule has 4 nitrogen and oxygen atoms in total. The summed E-state index contributed by atoms with van der Waals surface area (Å²) < 4.78 is 0. The molecular weight excluding hydrogens is 240 g/mol. The molecule has 5 heteroatoms. The predicted molar refractivity (Wildman–Crippen MR) is 66.0 cm³/mol. The molecule has 0 atom stereocenters. The number of hydrogen-bond acceptors (Lipinski definition) is 2. The van der Waals surface area contributed by atoms with Crippen molar-refractivity contribution in [3.8, 4) is 0 Å². The quantitative estimate of drug-likeness (QED) is 0.800. The molecule has 17 heavy (non-hydrogen) atoms. The molecular formula is C12H13ClN2O2. The molecule has 1 heterocycles. The molecule has 2 N–H and O–H groups in total. The van der Waals surface area contributed by atoms with Crippen molar-refractivity contribution in [2.24, 2.45) is 0 Å². The third-order valence-electron chi connectivity index (χ3n) is 2.68. The maximum absolute atomic E-state index is 11.2. The third-order valence-corrected chi connectivity index (χ3v) is 2.92. The summed E-state index contributed by atoms with van der Waals surface area (Å²) in [5, 5.41) is 5.52. The fraction of sp³-hybridized carbons (Fsp3) is 0.333. The number of aryl methyl sites for hydroxylation is 1. The number of rotatable bonds is 3. The summed E-state index contributed by atoms with van der Waals surface area (Å²) in [6, 6.07) is 5.76. The Kier molecular flexibility index (Phi) is 3.64. The van der Waals surface area contributed by atoms with Gasteiger partial charge in [0, 0.05) is 18.7 Å². The molecule has 2 rings (SSSR count). The average molecular weight is 253 g/mol. The molecule has 1 aromatic rings. The Bertz CT molecular complexity index is 460. The lowest BCUT2D eigenvalue weighted by Crippen LogP contribution is -2.24. The van der Waals surface area contributed by atoms with E-state index >= 15 is 0 Å². The van der Waals surface area contributed by atoms with Crippen molar-refractivity contribution < 1.29 is 9.59 Å². The Morgan fingerprint density at radius 2 is 2.24 bits per heavy atom. The molecule has 2 amide bonds. The van der Waals surface area contributed by atoms with Gasteiger partial charge in [0.1, 0.15) is 5.88 Å². The number of carbonyl (C=O) groups is 2. The van der Waals surface area contributed by atoms with Crippen molar-refractivity contribution in [2.45, 2.75) is 19.4 Å². The minimum atomic E-state index is -0.183. The summed E-state index contributed by atoms with van der Waals surface area (Å²) in [4.78, 5) is 22.2. The Morgan fingerprint density at radius 1 is 1.41 bits per heavy atom. The van der Waals surface area contributed by atoms with Gasteiger partial charge in [-0.05, 0) is 23.6 Å². The molecule has 0 fully saturated rings. The fourth-order valence-corrected chi connectivity index (χ4v) is 1.89. The third kappa shape index (κ3) is 2.97. The second-order valence-corrected chi connectivity index (χ2v) is 4.22. The van der Waals surface area contributed by atoms with Gasteiger partial charge in [-0.1, -0.05) is 12.1 Å². The summed E-state index contributed by atoms with van der Waals surface area (Å²) in [5.41, 5.74) is 2.99. The highest BCUT2D eigenvalue weighted by molar-refractivity contribution is 6.27. The maximum atomic E-state index is 11.2. The van der Waals surface area contributed by atoms with Crippen LogP contribution in [0.4, 0.5) is 5.69 Å². The number of nitrogens with one attached hydrogen (secondary N) is 2. The number of fused-ring (bicyclic) bond motifs is 1. The smallest absolute Gasteiger partial charge is 0.235 e. The van der Waals surface area contributed by atoms with E-state index < -0.39 is 0 Å². The van der Waals surface area contributed by atoms with Crippen LogP contribution in [0.1, 0.15) is 17.5 Å². The minimum absolute atomic E-state index is 0.0268. The summed E-state index contributed by atoms with van der Waals surface area (Å²) in [6.45, 7) is 0.465. The van der Waals surface area contributed by atoms with E-state index in [9.17, 15) is 9.59 Å². The van der Waals surface area contributed by atoms with Gasteiger partial charge in [-0.15, -0.1) is 11.6 Å². The molecule has 1 aliphatic rings. The van der Waals surface area contributed by atoms with Gasteiger partial charge in [-0.2, -0.15) is 0 Å². The molecule has 1 aromatic carbocycles. The van der Waals surface area contributed by atoms with Crippen LogP contribution >= 0.6 is 11.6 Å². The summed E-state index contributed by atoms with van der Waals surface area (Å²) >= 11 is 5.39. The number of carbonyl (C=O) groups excluding carboxylic acids is 2. The molecule has 0 aromatic heterocycles. The fourth-order valence-electron chi connectivity index (χ4n) is 1.79. The van der Waals surface area contributed by atoms with Crippen molar-refractivity contribution in [1.82, 2.24) is 5.32 Å². The number of hydrogen-bond donors (Lipinski definition) is 2. The first kappa shape index (κ1) is 11.9. The van der Waals surface area contributed by atoms with Gasteiger partial charge in [0.25, 0.3) is 0 Å². The topological polar surface area (TPSA) is 58.2 Å². The van der Waals surface area contributed by atoms with Gasteiger partial charge in [0.15, 0.2) is 0 Å². The average Bonchev–Trinajstić information content (AvgIpc) is 2.35. The van der Waals surface area contributed by atoms with Gasteiger partial charge in [0.2, 0.25) is 11.8 Å². The van der Waals surface area contributed by atoms with Crippen LogP contribution in [0, 0.1) is 0 Å². The van der Waals surface area contributed by atoms with Crippen LogP contribution in [0.25, 0.3) is 0 Å². The molecule has 90 valence electrons. The van der Waals surface area contributed by atoms with Crippen LogP contribution < -0.4 is 10.6 Å². The van der Waals surface area contributed by atoms with Crippen LogP contribution in [0.15, 0.2) is 18.2 Å². The first-order valence-corrected chi connectivity index (χ1v) is 5.97. The van der Waals surface area contributed by atoms with Gasteiger partial charge < -0.3 is 10.6 Å². The van der Waals surface area contributed by atoms with E-state index in [1.54, 1.807) is 0 Å². The van der Waals surface area contributed by atoms with Crippen molar-refractivity contribution in [3.05, 3.63) is 29.3 Å². The molecule has 0 saturated carbocycles. The normalized spacial score (nSPS) is 13.8. The maximum Gasteiger partial charge on any atom is 0.235 e. The second kappa shape index (κ2) is 5.19. The van der Waals surface area contributed by atoms with E-state index in [1.165, 1.54) is 0 Å². The lowest BCUT2D eigenvalue weighted by Gasteiger charge is -2.17. The van der Waals surface area contributed by atoms with Crippen molar-refractivity contribution in [1.29, 1.82) is 0 Å². The predicted octanol–water partition coefficient (Wildman–Crippen LogP) is 1.43. The van der Waals surface area contributed by atoms with E-state index in [0.29, 0.717) is 13.0 Å². The zero-order valence-corrected chi connectivity index (χ0v) is 10.0. The van der Waals surface area contributed by atoms with Crippen LogP contribution in [-0.2, 0) is 22.6 Å². The standard InChI is InChI=1S/C12H13ClN2O2/c13-6-12(17)14-7-8-1-3-10-9(5-8)2-4-11(16)15-10/h1,3,5H,2,4,6-7H2,(H,14,17)(H,15,16). The second-order valence-electron chi connectivity index (χ2n) is 3.95. The van der Waals surface area contributed by atoms with Crippen LogP contribution in [0.2, 0.25) is 0 Å². The van der Waals surface area contributed by atoms with Crippen LogP contribution in [0.3, 0.4) is 0 Å². The number of anilines is 1. The van der Waals surface area contributed by atoms with Gasteiger partial charge in [0.05, 0.1) is 0 Å². The number of alkyl halides is 1. The summed E-state index contributed by atoms with van der Waals surface area (Å²) in [7, 11) is 0. The number of amides is 2. The first-order chi connectivity index (χ1) is 8.19. The Hall–Kier alpha value is -1.55. The van der Waals surface area contributed by atoms with Gasteiger partial charge in [-0.3, -0.25) is 9.59 Å². The van der Waals surface area contributed by atoms with E-state index in [0.717, 1.165) is 23.2 Å². The first-order valence-electron chi connectivity index (χ1n) is 5.43. The number of halogens is 1. The Balaban J connectivity index is 2.06. The van der Waals surface area contributed by atoms with Crippen molar-refractivity contribution >= 4 is 29.1 Å². The summed E-state index contributed by atoms with van der Waals surface area (Å²) in [6.07, 6.45) is 1.27. The molecule has 0 radical (unpaired) electrons. The van der Waals surface area contributed by atoms with E-state index in [4.69, 9.17) is 11.6 Å². The SMILES string of the molecule is O=C(CCl)NCc1ccc2c(c1)CCC(=O)N2. The Morgan fingerprint density at radius 3 is 3.00 bits per heavy atom. The lowest BCUT2D eigenvalue weighted by atomic mass is 10.0. The highest BCUT2D eigenvalue weighted by Crippen LogP contribution is 2.23. The van der Waals surface area contributed by atoms with Gasteiger partial charge in [-0.25, -0.2) is 0 Å². The van der Waals surface area contributed by atoms with Crippen molar-refractivity contribution in [3.63, 3.8) is 0 Å². The highest BCUT2D eigenvalue weighted by atomic mass is 35.5. The van der Waals surface area contributed by atoms with Crippen molar-refractivity contribution in [2.75, 3.05) is 11.2 Å². The molecule has 0 unspecified atom stereocenters. The Labute approximate surface area is 104 Å². The molecule has 0 saturated heterocycles. The molecule has 0 aliphatic carbocycles. The van der Waals surface area contributed by atoms with E-state index in [2.05, 4.69) is 10.6 Å². The lowest BCUT2D eigenvalue weighted by molar-refractivity contribution is -0.119. The molecule has 1 aliphatic heterocycles. The summed E-state index contributed by atoms with van der Waals surface area (Å²) in [5.74, 6) is -0.153. The van der Waals surface area contributed by atoms with Crippen LogP contribution in [-0.4, -0.2) is 17.7 Å². The zero-order chi connectivity index (χ0) is 12.3. The molecule has 0 bridgehead atoms. The number of benzene rings is 1. The molecule has 0 spiro atoms. The highest BCUT2D eigenvalue weighted by Gasteiger charge is 2.14. The monoisotopic (exact) mass is 252 g/mol. The van der Waals surface area contributed by atoms with Crippen LogP contribution in [0.5, 0.6) is 0 Å². The van der Waals surface area contributed by atoms with E-state index in [-0.39, 0.29) is 17.7 Å². The largest absolute Gasteiger partial charge is 0.351 e. The minimum Gasteiger partial charge on any atom is -0.351 e. The zero-order valence-electron chi connectivity index (χ0n) is 9.25.